The number of alkyl halides is 2. The number of aromatic hydroxyl groups is 1. The van der Waals surface area contributed by atoms with Crippen LogP contribution in [0.15, 0.2) is 18.2 Å². The highest BCUT2D eigenvalue weighted by molar-refractivity contribution is 5.96. The second kappa shape index (κ2) is 9.77. The van der Waals surface area contributed by atoms with Gasteiger partial charge in [-0.1, -0.05) is 12.1 Å². The molecule has 2 saturated heterocycles. The normalized spacial score (nSPS) is 28.6. The van der Waals surface area contributed by atoms with Crippen LogP contribution in [0, 0.1) is 5.92 Å². The van der Waals surface area contributed by atoms with Gasteiger partial charge in [0.1, 0.15) is 12.4 Å². The number of hydrogen-bond acceptors (Lipinski definition) is 5. The van der Waals surface area contributed by atoms with Gasteiger partial charge in [0.25, 0.3) is 5.91 Å². The summed E-state index contributed by atoms with van der Waals surface area (Å²) in [4.78, 5) is 25.8. The Hall–Kier alpha value is -2.26. The number of carbonyl (C=O) groups is 2. The standard InChI is InChI=1S/C25H35F2N3O4/c26-25(27)8-4-16(5-9-25)14-30(21(32)15-31)11-10-24-7-6-18(29-24)12-17(13-24)19-2-1-3-20(22(19)33)23(28)34/h1-3,16-18,29,31,33H,4-15H2,(H2,28,34)/t17?,18?,24-/m1/s1. The number of amides is 2. The molecule has 2 bridgehead atoms. The van der Waals surface area contributed by atoms with Gasteiger partial charge in [0.05, 0.1) is 5.56 Å². The minimum Gasteiger partial charge on any atom is -0.507 e. The summed E-state index contributed by atoms with van der Waals surface area (Å²) >= 11 is 0. The molecule has 7 nitrogen and oxygen atoms in total. The van der Waals surface area contributed by atoms with Crippen LogP contribution in [0.2, 0.25) is 0 Å². The first-order valence-corrected chi connectivity index (χ1v) is 12.3. The molecule has 0 spiro atoms. The number of carbonyl (C=O) groups excluding carboxylic acids is 2. The molecule has 0 aromatic heterocycles. The van der Waals surface area contributed by atoms with Crippen LogP contribution in [-0.2, 0) is 4.79 Å². The van der Waals surface area contributed by atoms with Crippen molar-refractivity contribution in [2.75, 3.05) is 19.7 Å². The van der Waals surface area contributed by atoms with Gasteiger partial charge >= 0.3 is 0 Å². The Balaban J connectivity index is 1.44. The van der Waals surface area contributed by atoms with Crippen molar-refractivity contribution in [1.82, 2.24) is 10.2 Å². The summed E-state index contributed by atoms with van der Waals surface area (Å²) in [5.41, 5.74) is 6.03. The highest BCUT2D eigenvalue weighted by Gasteiger charge is 2.46. The van der Waals surface area contributed by atoms with Gasteiger partial charge in [-0.05, 0) is 68.4 Å². The van der Waals surface area contributed by atoms with Crippen LogP contribution in [0.5, 0.6) is 5.75 Å². The van der Waals surface area contributed by atoms with Gasteiger partial charge in [0.15, 0.2) is 0 Å². The molecule has 1 aromatic carbocycles. The van der Waals surface area contributed by atoms with Crippen LogP contribution in [0.25, 0.3) is 0 Å². The van der Waals surface area contributed by atoms with Crippen LogP contribution >= 0.6 is 0 Å². The number of piperidine rings is 1. The molecule has 3 aliphatic rings. The Morgan fingerprint density at radius 1 is 1.18 bits per heavy atom. The fourth-order valence-electron chi connectivity index (χ4n) is 6.25. The number of nitrogens with two attached hydrogens (primary N) is 1. The van der Waals surface area contributed by atoms with E-state index in [2.05, 4.69) is 5.32 Å². The lowest BCUT2D eigenvalue weighted by Crippen LogP contribution is -2.51. The number of hydrogen-bond donors (Lipinski definition) is 4. The van der Waals surface area contributed by atoms with E-state index in [9.17, 15) is 28.6 Å². The Kier molecular flexibility index (Phi) is 7.14. The first kappa shape index (κ1) is 24.9. The molecule has 2 heterocycles. The predicted octanol–water partition coefficient (Wildman–Crippen LogP) is 2.90. The van der Waals surface area contributed by atoms with E-state index in [1.807, 2.05) is 6.07 Å². The largest absolute Gasteiger partial charge is 0.507 e. The second-order valence-electron chi connectivity index (χ2n) is 10.5. The zero-order valence-electron chi connectivity index (χ0n) is 19.4. The summed E-state index contributed by atoms with van der Waals surface area (Å²) < 4.78 is 27.1. The van der Waals surface area contributed by atoms with E-state index in [0.29, 0.717) is 32.4 Å². The van der Waals surface area contributed by atoms with Crippen molar-refractivity contribution in [2.24, 2.45) is 11.7 Å². The molecular weight excluding hydrogens is 444 g/mol. The predicted molar refractivity (Wildman–Crippen MR) is 123 cm³/mol. The van der Waals surface area contributed by atoms with E-state index >= 15 is 0 Å². The number of rotatable bonds is 8. The average molecular weight is 480 g/mol. The number of para-hydroxylation sites is 1. The average Bonchev–Trinajstić information content (AvgIpc) is 3.10. The summed E-state index contributed by atoms with van der Waals surface area (Å²) in [6.45, 7) is 0.230. The zero-order valence-corrected chi connectivity index (χ0v) is 19.4. The number of fused-ring (bicyclic) bond motifs is 2. The third-order valence-electron chi connectivity index (χ3n) is 8.12. The number of phenols is 1. The molecule has 9 heteroatoms. The number of nitrogens with one attached hydrogen (secondary N) is 1. The smallest absolute Gasteiger partial charge is 0.252 e. The third-order valence-corrected chi connectivity index (χ3v) is 8.12. The van der Waals surface area contributed by atoms with Gasteiger partial charge < -0.3 is 26.2 Å². The van der Waals surface area contributed by atoms with Gasteiger partial charge in [-0.25, -0.2) is 8.78 Å². The van der Waals surface area contributed by atoms with Crippen molar-refractivity contribution >= 4 is 11.8 Å². The van der Waals surface area contributed by atoms with Crippen molar-refractivity contribution in [3.8, 4) is 5.75 Å². The monoisotopic (exact) mass is 479 g/mol. The topological polar surface area (TPSA) is 116 Å². The van der Waals surface area contributed by atoms with Crippen molar-refractivity contribution < 1.29 is 28.6 Å². The Bertz CT molecular complexity index is 917. The maximum absolute atomic E-state index is 13.5. The van der Waals surface area contributed by atoms with E-state index in [1.165, 1.54) is 6.07 Å². The molecule has 1 aromatic rings. The van der Waals surface area contributed by atoms with Crippen molar-refractivity contribution in [3.05, 3.63) is 29.3 Å². The lowest BCUT2D eigenvalue weighted by atomic mass is 9.77. The number of aliphatic hydroxyl groups excluding tert-OH is 1. The number of primary amides is 1. The lowest BCUT2D eigenvalue weighted by Gasteiger charge is -2.41. The molecule has 34 heavy (non-hydrogen) atoms. The Labute approximate surface area is 198 Å². The maximum Gasteiger partial charge on any atom is 0.252 e. The summed E-state index contributed by atoms with van der Waals surface area (Å²) in [6, 6.07) is 5.37. The highest BCUT2D eigenvalue weighted by atomic mass is 19.3. The number of aliphatic hydroxyl groups is 1. The molecule has 1 aliphatic carbocycles. The van der Waals surface area contributed by atoms with Gasteiger partial charge in [0, 0.05) is 37.5 Å². The molecular formula is C25H35F2N3O4. The van der Waals surface area contributed by atoms with Crippen LogP contribution in [-0.4, -0.2) is 64.1 Å². The van der Waals surface area contributed by atoms with Gasteiger partial charge in [-0.3, -0.25) is 9.59 Å². The molecule has 4 rings (SSSR count). The highest BCUT2D eigenvalue weighted by Crippen LogP contribution is 2.47. The molecule has 2 amide bonds. The summed E-state index contributed by atoms with van der Waals surface area (Å²) in [5, 5.41) is 23.9. The Morgan fingerprint density at radius 2 is 1.91 bits per heavy atom. The number of halogens is 2. The van der Waals surface area contributed by atoms with Crippen LogP contribution < -0.4 is 11.1 Å². The van der Waals surface area contributed by atoms with Crippen LogP contribution in [0.1, 0.15) is 79.6 Å². The van der Waals surface area contributed by atoms with Crippen LogP contribution in [0.4, 0.5) is 8.78 Å². The molecule has 3 atom stereocenters. The zero-order chi connectivity index (χ0) is 24.5. The molecule has 2 aliphatic heterocycles. The molecule has 2 unspecified atom stereocenters. The SMILES string of the molecule is NC(=O)c1cccc(C2CC3CC[C@@](CCN(CC4CCC(F)(F)CC4)C(=O)CO)(C2)N3)c1O. The summed E-state index contributed by atoms with van der Waals surface area (Å²) in [7, 11) is 0. The summed E-state index contributed by atoms with van der Waals surface area (Å²) in [5.74, 6) is -3.63. The van der Waals surface area contributed by atoms with E-state index in [0.717, 1.165) is 31.2 Å². The minimum atomic E-state index is -2.61. The van der Waals surface area contributed by atoms with Crippen molar-refractivity contribution in [1.29, 1.82) is 0 Å². The first-order valence-electron chi connectivity index (χ1n) is 12.3. The second-order valence-corrected chi connectivity index (χ2v) is 10.5. The molecule has 188 valence electrons. The molecule has 0 radical (unpaired) electrons. The maximum atomic E-state index is 13.5. The lowest BCUT2D eigenvalue weighted by molar-refractivity contribution is -0.135. The minimum absolute atomic E-state index is 0.0181. The van der Waals surface area contributed by atoms with Crippen molar-refractivity contribution in [2.45, 2.75) is 81.2 Å². The van der Waals surface area contributed by atoms with Crippen LogP contribution in [0.3, 0.4) is 0 Å². The fraction of sp³-hybridized carbons (Fsp3) is 0.680. The van der Waals surface area contributed by atoms with Crippen molar-refractivity contribution in [3.63, 3.8) is 0 Å². The van der Waals surface area contributed by atoms with Gasteiger partial charge in [0.2, 0.25) is 11.8 Å². The first-order chi connectivity index (χ1) is 16.1. The van der Waals surface area contributed by atoms with E-state index in [4.69, 9.17) is 5.73 Å². The van der Waals surface area contributed by atoms with Gasteiger partial charge in [-0.15, -0.1) is 0 Å². The molecule has 3 fully saturated rings. The van der Waals surface area contributed by atoms with E-state index in [1.54, 1.807) is 11.0 Å². The van der Waals surface area contributed by atoms with E-state index in [-0.39, 0.29) is 53.5 Å². The van der Waals surface area contributed by atoms with Gasteiger partial charge in [-0.2, -0.15) is 0 Å². The quantitative estimate of drug-likeness (QED) is 0.458. The van der Waals surface area contributed by atoms with E-state index < -0.39 is 18.4 Å². The molecule has 1 saturated carbocycles. The third kappa shape index (κ3) is 5.35. The number of nitrogens with zero attached hydrogens (tertiary/aromatic N) is 1. The molecule has 5 N–H and O–H groups in total. The Morgan fingerprint density at radius 3 is 2.59 bits per heavy atom. The fourth-order valence-corrected chi connectivity index (χ4v) is 6.25. The summed E-state index contributed by atoms with van der Waals surface area (Å²) in [6.07, 6.45) is 4.63. The number of benzene rings is 1.